The van der Waals surface area contributed by atoms with E-state index in [-0.39, 0.29) is 10.8 Å². The fraction of sp³-hybridized carbons (Fsp3) is 0.235. The standard InChI is InChI=1S/C17H20N2O4S/c1-13(23-15-5-3-2-4-6-15)17(20)19-12-11-14-7-9-16(10-8-14)24(18,21)22/h2-10,13H,11-12H2,1H3,(H,19,20)(H2,18,21,22)/t13-/m1/s1. The van der Waals surface area contributed by atoms with Gasteiger partial charge in [-0.1, -0.05) is 30.3 Å². The van der Waals surface area contributed by atoms with Crippen molar-refractivity contribution in [2.75, 3.05) is 6.54 Å². The number of nitrogens with two attached hydrogens (primary N) is 1. The lowest BCUT2D eigenvalue weighted by atomic mass is 10.1. The summed E-state index contributed by atoms with van der Waals surface area (Å²) in [5.41, 5.74) is 0.902. The van der Waals surface area contributed by atoms with Crippen molar-refractivity contribution in [1.29, 1.82) is 0 Å². The van der Waals surface area contributed by atoms with Crippen molar-refractivity contribution < 1.29 is 17.9 Å². The van der Waals surface area contributed by atoms with Gasteiger partial charge in [0.2, 0.25) is 10.0 Å². The van der Waals surface area contributed by atoms with Gasteiger partial charge in [0.25, 0.3) is 5.91 Å². The quantitative estimate of drug-likeness (QED) is 0.791. The Kier molecular flexibility index (Phi) is 5.94. The molecule has 0 fully saturated rings. The minimum atomic E-state index is -3.68. The molecule has 2 rings (SSSR count). The summed E-state index contributed by atoms with van der Waals surface area (Å²) in [6.45, 7) is 2.11. The maximum Gasteiger partial charge on any atom is 0.260 e. The molecule has 1 amide bonds. The monoisotopic (exact) mass is 348 g/mol. The van der Waals surface area contributed by atoms with E-state index in [9.17, 15) is 13.2 Å². The van der Waals surface area contributed by atoms with E-state index in [1.54, 1.807) is 31.2 Å². The van der Waals surface area contributed by atoms with Gasteiger partial charge in [0.05, 0.1) is 4.90 Å². The van der Waals surface area contributed by atoms with Crippen LogP contribution in [0.15, 0.2) is 59.5 Å². The van der Waals surface area contributed by atoms with Crippen molar-refractivity contribution in [3.63, 3.8) is 0 Å². The molecule has 24 heavy (non-hydrogen) atoms. The number of benzene rings is 2. The lowest BCUT2D eigenvalue weighted by Crippen LogP contribution is -2.37. The second kappa shape index (κ2) is 7.94. The van der Waals surface area contributed by atoms with E-state index in [4.69, 9.17) is 9.88 Å². The number of rotatable bonds is 7. The number of primary sulfonamides is 1. The number of para-hydroxylation sites is 1. The average Bonchev–Trinajstić information content (AvgIpc) is 2.55. The number of sulfonamides is 1. The molecule has 0 aliphatic rings. The van der Waals surface area contributed by atoms with Crippen LogP contribution in [0.1, 0.15) is 12.5 Å². The molecule has 0 aliphatic heterocycles. The first-order chi connectivity index (χ1) is 11.4. The summed E-state index contributed by atoms with van der Waals surface area (Å²) in [7, 11) is -3.68. The zero-order chi connectivity index (χ0) is 17.6. The molecule has 0 saturated heterocycles. The third-order valence-electron chi connectivity index (χ3n) is 3.39. The van der Waals surface area contributed by atoms with Crippen LogP contribution in [0.25, 0.3) is 0 Å². The fourth-order valence-electron chi connectivity index (χ4n) is 2.08. The zero-order valence-electron chi connectivity index (χ0n) is 13.3. The van der Waals surface area contributed by atoms with Crippen LogP contribution in [-0.4, -0.2) is 27.0 Å². The Balaban J connectivity index is 1.80. The summed E-state index contributed by atoms with van der Waals surface area (Å²) in [5.74, 6) is 0.429. The Bertz CT molecular complexity index is 774. The maximum absolute atomic E-state index is 12.0. The average molecular weight is 348 g/mol. The molecule has 0 heterocycles. The molecule has 7 heteroatoms. The SMILES string of the molecule is C[C@@H](Oc1ccccc1)C(=O)NCCc1ccc(S(N)(=O)=O)cc1. The number of carbonyl (C=O) groups excluding carboxylic acids is 1. The summed E-state index contributed by atoms with van der Waals surface area (Å²) in [6, 6.07) is 15.4. The first-order valence-corrected chi connectivity index (χ1v) is 9.02. The Labute approximate surface area is 141 Å². The first-order valence-electron chi connectivity index (χ1n) is 7.47. The largest absolute Gasteiger partial charge is 0.481 e. The van der Waals surface area contributed by atoms with Crippen LogP contribution in [0.3, 0.4) is 0 Å². The second-order valence-electron chi connectivity index (χ2n) is 5.30. The first kappa shape index (κ1) is 18.0. The number of nitrogens with one attached hydrogen (secondary N) is 1. The van der Waals surface area contributed by atoms with Crippen LogP contribution in [0.5, 0.6) is 5.75 Å². The smallest absolute Gasteiger partial charge is 0.260 e. The van der Waals surface area contributed by atoms with E-state index >= 15 is 0 Å². The molecular weight excluding hydrogens is 328 g/mol. The molecule has 3 N–H and O–H groups in total. The van der Waals surface area contributed by atoms with Gasteiger partial charge in [-0.15, -0.1) is 0 Å². The number of ether oxygens (including phenoxy) is 1. The topological polar surface area (TPSA) is 98.5 Å². The van der Waals surface area contributed by atoms with Crippen molar-refractivity contribution >= 4 is 15.9 Å². The molecule has 1 atom stereocenters. The predicted octanol–water partition coefficient (Wildman–Crippen LogP) is 1.46. The summed E-state index contributed by atoms with van der Waals surface area (Å²) in [5, 5.41) is 7.83. The van der Waals surface area contributed by atoms with E-state index in [1.165, 1.54) is 12.1 Å². The van der Waals surface area contributed by atoms with Gasteiger partial charge >= 0.3 is 0 Å². The van der Waals surface area contributed by atoms with Gasteiger partial charge in [0.1, 0.15) is 5.75 Å². The highest BCUT2D eigenvalue weighted by Crippen LogP contribution is 2.11. The van der Waals surface area contributed by atoms with Crippen LogP contribution in [0.4, 0.5) is 0 Å². The van der Waals surface area contributed by atoms with E-state index in [2.05, 4.69) is 5.32 Å². The van der Waals surface area contributed by atoms with E-state index in [0.29, 0.717) is 18.7 Å². The lowest BCUT2D eigenvalue weighted by molar-refractivity contribution is -0.127. The molecule has 128 valence electrons. The fourth-order valence-corrected chi connectivity index (χ4v) is 2.59. The third kappa shape index (κ3) is 5.36. The van der Waals surface area contributed by atoms with Gasteiger partial charge in [-0.25, -0.2) is 13.6 Å². The Hall–Kier alpha value is -2.38. The zero-order valence-corrected chi connectivity index (χ0v) is 14.1. The lowest BCUT2D eigenvalue weighted by Gasteiger charge is -2.14. The number of hydrogen-bond donors (Lipinski definition) is 2. The van der Waals surface area contributed by atoms with Crippen LogP contribution in [0, 0.1) is 0 Å². The Morgan fingerprint density at radius 1 is 1.12 bits per heavy atom. The maximum atomic E-state index is 12.0. The predicted molar refractivity (Wildman–Crippen MR) is 91.1 cm³/mol. The Morgan fingerprint density at radius 3 is 2.33 bits per heavy atom. The van der Waals surface area contributed by atoms with Crippen molar-refractivity contribution in [2.24, 2.45) is 5.14 Å². The van der Waals surface area contributed by atoms with E-state index in [1.807, 2.05) is 18.2 Å². The molecule has 0 saturated carbocycles. The summed E-state index contributed by atoms with van der Waals surface area (Å²) in [4.78, 5) is 12.1. The van der Waals surface area contributed by atoms with Crippen LogP contribution in [-0.2, 0) is 21.2 Å². The van der Waals surface area contributed by atoms with Gasteiger partial charge < -0.3 is 10.1 Å². The van der Waals surface area contributed by atoms with Crippen molar-refractivity contribution in [1.82, 2.24) is 5.32 Å². The molecule has 0 unspecified atom stereocenters. The normalized spacial score (nSPS) is 12.4. The number of carbonyl (C=O) groups is 1. The highest BCUT2D eigenvalue weighted by atomic mass is 32.2. The van der Waals surface area contributed by atoms with Gasteiger partial charge in [-0.2, -0.15) is 0 Å². The number of hydrogen-bond acceptors (Lipinski definition) is 4. The summed E-state index contributed by atoms with van der Waals surface area (Å²) < 4.78 is 27.9. The van der Waals surface area contributed by atoms with Crippen LogP contribution >= 0.6 is 0 Å². The Morgan fingerprint density at radius 2 is 1.75 bits per heavy atom. The highest BCUT2D eigenvalue weighted by Gasteiger charge is 2.14. The summed E-state index contributed by atoms with van der Waals surface area (Å²) in [6.07, 6.45) is -0.0218. The molecule has 2 aromatic rings. The molecule has 0 aromatic heterocycles. The molecule has 0 bridgehead atoms. The van der Waals surface area contributed by atoms with Crippen molar-refractivity contribution in [3.8, 4) is 5.75 Å². The van der Waals surface area contributed by atoms with E-state index < -0.39 is 16.1 Å². The third-order valence-corrected chi connectivity index (χ3v) is 4.32. The van der Waals surface area contributed by atoms with Crippen LogP contribution < -0.4 is 15.2 Å². The van der Waals surface area contributed by atoms with Crippen molar-refractivity contribution in [3.05, 3.63) is 60.2 Å². The molecule has 0 radical (unpaired) electrons. The minimum absolute atomic E-state index is 0.0696. The molecule has 2 aromatic carbocycles. The second-order valence-corrected chi connectivity index (χ2v) is 6.86. The van der Waals surface area contributed by atoms with Gasteiger partial charge in [-0.05, 0) is 43.2 Å². The highest BCUT2D eigenvalue weighted by molar-refractivity contribution is 7.89. The minimum Gasteiger partial charge on any atom is -0.481 e. The van der Waals surface area contributed by atoms with Crippen molar-refractivity contribution in [2.45, 2.75) is 24.3 Å². The van der Waals surface area contributed by atoms with Gasteiger partial charge in [0, 0.05) is 6.54 Å². The van der Waals surface area contributed by atoms with Crippen LogP contribution in [0.2, 0.25) is 0 Å². The molecule has 6 nitrogen and oxygen atoms in total. The van der Waals surface area contributed by atoms with Gasteiger partial charge in [-0.3, -0.25) is 4.79 Å². The van der Waals surface area contributed by atoms with Gasteiger partial charge in [0.15, 0.2) is 6.10 Å². The van der Waals surface area contributed by atoms with E-state index in [0.717, 1.165) is 5.56 Å². The molecule has 0 spiro atoms. The number of amides is 1. The molecular formula is C17H20N2O4S. The summed E-state index contributed by atoms with van der Waals surface area (Å²) >= 11 is 0. The molecule has 0 aliphatic carbocycles.